The number of methoxy groups -OCH3 is 1. The van der Waals surface area contributed by atoms with Crippen LogP contribution in [0.25, 0.3) is 0 Å². The Balaban J connectivity index is 2.14. The predicted octanol–water partition coefficient (Wildman–Crippen LogP) is 2.11. The van der Waals surface area contributed by atoms with Crippen molar-refractivity contribution >= 4 is 6.09 Å². The van der Waals surface area contributed by atoms with Crippen molar-refractivity contribution in [1.29, 1.82) is 0 Å². The molecule has 0 aromatic carbocycles. The SMILES string of the molecule is COc1ncc(F)cc1C1CN(C(=O)OC(C)(C)C)CCN1. The first-order valence-electron chi connectivity index (χ1n) is 7.21. The lowest BCUT2D eigenvalue weighted by Gasteiger charge is -2.35. The van der Waals surface area contributed by atoms with Crippen LogP contribution >= 0.6 is 0 Å². The van der Waals surface area contributed by atoms with E-state index in [0.717, 1.165) is 6.20 Å². The van der Waals surface area contributed by atoms with Gasteiger partial charge in [-0.05, 0) is 26.8 Å². The molecule has 0 aliphatic carbocycles. The maximum atomic E-state index is 13.5. The maximum absolute atomic E-state index is 13.5. The summed E-state index contributed by atoms with van der Waals surface area (Å²) >= 11 is 0. The molecule has 1 amide bonds. The number of nitrogens with one attached hydrogen (secondary N) is 1. The van der Waals surface area contributed by atoms with E-state index in [2.05, 4.69) is 10.3 Å². The molecule has 0 bridgehead atoms. The zero-order valence-corrected chi connectivity index (χ0v) is 13.4. The Morgan fingerprint density at radius 1 is 1.50 bits per heavy atom. The lowest BCUT2D eigenvalue weighted by atomic mass is 10.1. The summed E-state index contributed by atoms with van der Waals surface area (Å²) in [7, 11) is 1.48. The van der Waals surface area contributed by atoms with Gasteiger partial charge in [0.2, 0.25) is 5.88 Å². The van der Waals surface area contributed by atoms with E-state index in [9.17, 15) is 9.18 Å². The van der Waals surface area contributed by atoms with Gasteiger partial charge in [-0.3, -0.25) is 0 Å². The lowest BCUT2D eigenvalue weighted by molar-refractivity contribution is 0.0194. The van der Waals surface area contributed by atoms with Crippen molar-refractivity contribution in [2.24, 2.45) is 0 Å². The van der Waals surface area contributed by atoms with Crippen LogP contribution in [0.3, 0.4) is 0 Å². The molecule has 1 aromatic heterocycles. The summed E-state index contributed by atoms with van der Waals surface area (Å²) in [4.78, 5) is 17.7. The van der Waals surface area contributed by atoms with Crippen molar-refractivity contribution in [2.45, 2.75) is 32.4 Å². The second-order valence-corrected chi connectivity index (χ2v) is 6.19. The highest BCUT2D eigenvalue weighted by Gasteiger charge is 2.29. The fraction of sp³-hybridized carbons (Fsp3) is 0.600. The maximum Gasteiger partial charge on any atom is 0.410 e. The first kappa shape index (κ1) is 16.5. The van der Waals surface area contributed by atoms with Gasteiger partial charge < -0.3 is 19.7 Å². The summed E-state index contributed by atoms with van der Waals surface area (Å²) in [6.07, 6.45) is 0.735. The third-order valence-electron chi connectivity index (χ3n) is 3.24. The zero-order chi connectivity index (χ0) is 16.3. The van der Waals surface area contributed by atoms with Crippen LogP contribution in [0.5, 0.6) is 5.88 Å². The number of ether oxygens (including phenoxy) is 2. The number of carbonyl (C=O) groups excluding carboxylic acids is 1. The van der Waals surface area contributed by atoms with Gasteiger partial charge in [-0.1, -0.05) is 0 Å². The summed E-state index contributed by atoms with van der Waals surface area (Å²) in [5, 5.41) is 3.25. The van der Waals surface area contributed by atoms with Crippen molar-refractivity contribution < 1.29 is 18.7 Å². The Morgan fingerprint density at radius 3 is 2.86 bits per heavy atom. The standard InChI is InChI=1S/C15H22FN3O3/c1-15(2,3)22-14(20)19-6-5-17-12(9-19)11-7-10(16)8-18-13(11)21-4/h7-8,12,17H,5-6,9H2,1-4H3. The van der Waals surface area contributed by atoms with E-state index in [-0.39, 0.29) is 12.1 Å². The third-order valence-corrected chi connectivity index (χ3v) is 3.24. The summed E-state index contributed by atoms with van der Waals surface area (Å²) in [6.45, 7) is 6.97. The van der Waals surface area contributed by atoms with E-state index in [0.29, 0.717) is 31.1 Å². The van der Waals surface area contributed by atoms with Gasteiger partial charge in [-0.15, -0.1) is 0 Å². The first-order chi connectivity index (χ1) is 10.3. The number of hydrogen-bond donors (Lipinski definition) is 1. The highest BCUT2D eigenvalue weighted by molar-refractivity contribution is 5.68. The van der Waals surface area contributed by atoms with E-state index in [4.69, 9.17) is 9.47 Å². The molecule has 1 aliphatic rings. The monoisotopic (exact) mass is 311 g/mol. The molecule has 1 N–H and O–H groups in total. The van der Waals surface area contributed by atoms with Crippen molar-refractivity contribution in [3.8, 4) is 5.88 Å². The average Bonchev–Trinajstić information content (AvgIpc) is 2.45. The van der Waals surface area contributed by atoms with Crippen molar-refractivity contribution in [3.05, 3.63) is 23.6 Å². The van der Waals surface area contributed by atoms with Crippen molar-refractivity contribution in [2.75, 3.05) is 26.7 Å². The quantitative estimate of drug-likeness (QED) is 0.906. The molecule has 7 heteroatoms. The van der Waals surface area contributed by atoms with Crippen LogP contribution in [0.1, 0.15) is 32.4 Å². The number of amides is 1. The molecule has 122 valence electrons. The number of rotatable bonds is 2. The molecule has 0 saturated carbocycles. The van der Waals surface area contributed by atoms with Gasteiger partial charge in [0.05, 0.1) is 19.3 Å². The molecule has 1 aromatic rings. The average molecular weight is 311 g/mol. The summed E-state index contributed by atoms with van der Waals surface area (Å²) < 4.78 is 24.0. The molecule has 1 aliphatic heterocycles. The molecule has 22 heavy (non-hydrogen) atoms. The fourth-order valence-corrected chi connectivity index (χ4v) is 2.31. The molecule has 0 radical (unpaired) electrons. The molecule has 1 unspecified atom stereocenters. The second kappa shape index (κ2) is 6.48. The van der Waals surface area contributed by atoms with Gasteiger partial charge in [-0.2, -0.15) is 0 Å². The largest absolute Gasteiger partial charge is 0.481 e. The summed E-state index contributed by atoms with van der Waals surface area (Å²) in [6, 6.07) is 1.13. The van der Waals surface area contributed by atoms with Gasteiger partial charge in [0.15, 0.2) is 0 Å². The molecular weight excluding hydrogens is 289 g/mol. The molecule has 0 spiro atoms. The van der Waals surface area contributed by atoms with Crippen LogP contribution in [0, 0.1) is 5.82 Å². The lowest BCUT2D eigenvalue weighted by Crippen LogP contribution is -2.49. The Labute approximate surface area is 129 Å². The number of pyridine rings is 1. The third kappa shape index (κ3) is 4.07. The van der Waals surface area contributed by atoms with Crippen molar-refractivity contribution in [1.82, 2.24) is 15.2 Å². The number of halogens is 1. The summed E-state index contributed by atoms with van der Waals surface area (Å²) in [5.74, 6) is -0.0862. The van der Waals surface area contributed by atoms with Crippen LogP contribution in [0.2, 0.25) is 0 Å². The van der Waals surface area contributed by atoms with E-state index < -0.39 is 11.4 Å². The molecule has 1 fully saturated rings. The minimum Gasteiger partial charge on any atom is -0.481 e. The number of carbonyl (C=O) groups is 1. The predicted molar refractivity (Wildman–Crippen MR) is 79.3 cm³/mol. The fourth-order valence-electron chi connectivity index (χ4n) is 2.31. The number of hydrogen-bond acceptors (Lipinski definition) is 5. The topological polar surface area (TPSA) is 63.7 Å². The highest BCUT2D eigenvalue weighted by Crippen LogP contribution is 2.26. The number of aromatic nitrogens is 1. The van der Waals surface area contributed by atoms with Crippen LogP contribution in [-0.2, 0) is 4.74 Å². The normalized spacial score (nSPS) is 19.0. The van der Waals surface area contributed by atoms with E-state index in [1.54, 1.807) is 4.90 Å². The molecule has 2 heterocycles. The Kier molecular flexibility index (Phi) is 4.85. The van der Waals surface area contributed by atoms with E-state index >= 15 is 0 Å². The zero-order valence-electron chi connectivity index (χ0n) is 13.4. The van der Waals surface area contributed by atoms with Gasteiger partial charge in [-0.25, -0.2) is 14.2 Å². The van der Waals surface area contributed by atoms with Gasteiger partial charge in [0, 0.05) is 25.2 Å². The minimum absolute atomic E-state index is 0.251. The second-order valence-electron chi connectivity index (χ2n) is 6.19. The smallest absolute Gasteiger partial charge is 0.410 e. The van der Waals surface area contributed by atoms with E-state index in [1.165, 1.54) is 13.2 Å². The molecular formula is C15H22FN3O3. The van der Waals surface area contributed by atoms with Crippen LogP contribution in [-0.4, -0.2) is 48.3 Å². The molecule has 6 nitrogen and oxygen atoms in total. The number of piperazine rings is 1. The van der Waals surface area contributed by atoms with Crippen LogP contribution in [0.15, 0.2) is 12.3 Å². The van der Waals surface area contributed by atoms with Crippen molar-refractivity contribution in [3.63, 3.8) is 0 Å². The summed E-state index contributed by atoms with van der Waals surface area (Å²) in [5.41, 5.74) is 0.0472. The first-order valence-corrected chi connectivity index (χ1v) is 7.21. The van der Waals surface area contributed by atoms with Gasteiger partial charge >= 0.3 is 6.09 Å². The van der Waals surface area contributed by atoms with Crippen LogP contribution in [0.4, 0.5) is 9.18 Å². The van der Waals surface area contributed by atoms with E-state index in [1.807, 2.05) is 20.8 Å². The van der Waals surface area contributed by atoms with Gasteiger partial charge in [0.25, 0.3) is 0 Å². The minimum atomic E-state index is -0.546. The molecule has 1 atom stereocenters. The molecule has 2 rings (SSSR count). The Bertz CT molecular complexity index is 545. The number of nitrogens with zero attached hydrogens (tertiary/aromatic N) is 2. The van der Waals surface area contributed by atoms with Crippen LogP contribution < -0.4 is 10.1 Å². The Morgan fingerprint density at radius 2 is 2.23 bits per heavy atom. The molecule has 1 saturated heterocycles. The van der Waals surface area contributed by atoms with Gasteiger partial charge in [0.1, 0.15) is 11.4 Å². The Hall–Kier alpha value is -1.89. The highest BCUT2D eigenvalue weighted by atomic mass is 19.1.